The molecule has 1 unspecified atom stereocenters. The second-order valence-corrected chi connectivity index (χ2v) is 8.49. The van der Waals surface area contributed by atoms with Gasteiger partial charge in [-0.05, 0) is 49.9 Å². The van der Waals surface area contributed by atoms with Gasteiger partial charge in [-0.25, -0.2) is 0 Å². The summed E-state index contributed by atoms with van der Waals surface area (Å²) < 4.78 is 23.0. The number of ketones is 1. The molecule has 0 saturated heterocycles. The molecule has 0 bridgehead atoms. The summed E-state index contributed by atoms with van der Waals surface area (Å²) in [6.07, 6.45) is 1.80. The highest BCUT2D eigenvalue weighted by atomic mass is 31.1. The Hall–Kier alpha value is -2.39. The van der Waals surface area contributed by atoms with Crippen LogP contribution in [0.25, 0.3) is 0 Å². The minimum Gasteiger partial charge on any atom is -0.496 e. The van der Waals surface area contributed by atoms with Gasteiger partial charge in [-0.2, -0.15) is 0 Å². The van der Waals surface area contributed by atoms with Gasteiger partial charge in [0.25, 0.3) is 0 Å². The molecule has 2 aromatic carbocycles. The van der Waals surface area contributed by atoms with E-state index in [1.807, 2.05) is 32.0 Å². The van der Waals surface area contributed by atoms with E-state index in [4.69, 9.17) is 9.47 Å². The van der Waals surface area contributed by atoms with E-state index in [2.05, 4.69) is 0 Å². The smallest absolute Gasteiger partial charge is 0.225 e. The predicted octanol–water partition coefficient (Wildman–Crippen LogP) is 5.07. The van der Waals surface area contributed by atoms with E-state index in [1.54, 1.807) is 18.2 Å². The molecule has 150 valence electrons. The number of hydrogen-bond donors (Lipinski definition) is 0. The average molecular weight is 402 g/mol. The maximum atomic E-state index is 12.6. The van der Waals surface area contributed by atoms with E-state index in [-0.39, 0.29) is 17.5 Å². The van der Waals surface area contributed by atoms with Crippen molar-refractivity contribution in [2.45, 2.75) is 33.1 Å². The van der Waals surface area contributed by atoms with E-state index in [9.17, 15) is 14.2 Å². The normalized spacial score (nSPS) is 11.7. The maximum Gasteiger partial charge on any atom is 0.225 e. The standard InChI is InChI=1S/C22H27O5P/c1-15-9-7-10-16(2)20(15)17(23)11-5-6-14-28(25)22(24)21-18(26-3)12-8-13-19(21)27-4/h7-10,12-13,28H,5-6,11,14H2,1-4H3. The Morgan fingerprint density at radius 2 is 1.39 bits per heavy atom. The van der Waals surface area contributed by atoms with Crippen LogP contribution in [0.2, 0.25) is 0 Å². The van der Waals surface area contributed by atoms with E-state index >= 15 is 0 Å². The number of aryl methyl sites for hydroxylation is 2. The predicted molar refractivity (Wildman–Crippen MR) is 112 cm³/mol. The number of hydrogen-bond acceptors (Lipinski definition) is 5. The number of benzene rings is 2. The number of carbonyl (C=O) groups is 2. The Labute approximate surface area is 166 Å². The summed E-state index contributed by atoms with van der Waals surface area (Å²) in [4.78, 5) is 25.1. The summed E-state index contributed by atoms with van der Waals surface area (Å²) in [7, 11) is 0.399. The van der Waals surface area contributed by atoms with Gasteiger partial charge in [-0.1, -0.05) is 24.3 Å². The molecule has 0 saturated carbocycles. The van der Waals surface area contributed by atoms with Crippen molar-refractivity contribution in [3.63, 3.8) is 0 Å². The molecule has 0 aliphatic rings. The van der Waals surface area contributed by atoms with Crippen molar-refractivity contribution in [1.82, 2.24) is 0 Å². The summed E-state index contributed by atoms with van der Waals surface area (Å²) in [5.41, 5.74) is 2.49. The van der Waals surface area contributed by atoms with Gasteiger partial charge in [0.15, 0.2) is 5.78 Å². The third-order valence-electron chi connectivity index (χ3n) is 4.73. The summed E-state index contributed by atoms with van der Waals surface area (Å²) in [6, 6.07) is 10.8. The number of unbranched alkanes of at least 4 members (excludes halogenated alkanes) is 1. The van der Waals surface area contributed by atoms with Gasteiger partial charge in [-0.3, -0.25) is 9.59 Å². The topological polar surface area (TPSA) is 69.7 Å². The molecule has 0 heterocycles. The molecule has 2 aromatic rings. The fraction of sp³-hybridized carbons (Fsp3) is 0.364. The van der Waals surface area contributed by atoms with Crippen LogP contribution in [0, 0.1) is 13.8 Å². The lowest BCUT2D eigenvalue weighted by Crippen LogP contribution is -2.05. The average Bonchev–Trinajstić information content (AvgIpc) is 2.69. The molecule has 6 heteroatoms. The molecule has 0 aromatic heterocycles. The zero-order valence-corrected chi connectivity index (χ0v) is 17.8. The summed E-state index contributed by atoms with van der Waals surface area (Å²) >= 11 is 0. The molecular weight excluding hydrogens is 375 g/mol. The molecule has 0 radical (unpaired) electrons. The fourth-order valence-corrected chi connectivity index (χ4v) is 4.60. The van der Waals surface area contributed by atoms with Crippen LogP contribution in [0.5, 0.6) is 11.5 Å². The monoisotopic (exact) mass is 402 g/mol. The molecule has 0 fully saturated rings. The Morgan fingerprint density at radius 3 is 1.93 bits per heavy atom. The van der Waals surface area contributed by atoms with Crippen molar-refractivity contribution in [2.24, 2.45) is 0 Å². The molecule has 2 rings (SSSR count). The Balaban J connectivity index is 1.95. The Bertz CT molecular complexity index is 846. The number of methoxy groups -OCH3 is 2. The zero-order chi connectivity index (χ0) is 20.7. The number of ether oxygens (including phenoxy) is 2. The fourth-order valence-electron chi connectivity index (χ4n) is 3.28. The molecule has 28 heavy (non-hydrogen) atoms. The lowest BCUT2D eigenvalue weighted by Gasteiger charge is -2.12. The first-order valence-electron chi connectivity index (χ1n) is 9.28. The highest BCUT2D eigenvalue weighted by Gasteiger charge is 2.23. The van der Waals surface area contributed by atoms with Gasteiger partial charge in [0.2, 0.25) is 5.52 Å². The van der Waals surface area contributed by atoms with E-state index in [1.165, 1.54) is 14.2 Å². The van der Waals surface area contributed by atoms with Crippen LogP contribution in [0.3, 0.4) is 0 Å². The van der Waals surface area contributed by atoms with Crippen molar-refractivity contribution in [1.29, 1.82) is 0 Å². The van der Waals surface area contributed by atoms with Crippen LogP contribution in [-0.2, 0) is 4.57 Å². The lowest BCUT2D eigenvalue weighted by molar-refractivity contribution is 0.0978. The van der Waals surface area contributed by atoms with Gasteiger partial charge >= 0.3 is 0 Å². The third kappa shape index (κ3) is 5.11. The van der Waals surface area contributed by atoms with Gasteiger partial charge in [0.1, 0.15) is 24.9 Å². The molecule has 0 aliphatic carbocycles. The largest absolute Gasteiger partial charge is 0.496 e. The van der Waals surface area contributed by atoms with Crippen molar-refractivity contribution in [3.05, 3.63) is 58.7 Å². The molecule has 5 nitrogen and oxygen atoms in total. The highest BCUT2D eigenvalue weighted by Crippen LogP contribution is 2.37. The van der Waals surface area contributed by atoms with Crippen molar-refractivity contribution in [2.75, 3.05) is 20.4 Å². The molecule has 0 spiro atoms. The quantitative estimate of drug-likeness (QED) is 0.315. The summed E-state index contributed by atoms with van der Waals surface area (Å²) in [6.45, 7) is 3.86. The number of rotatable bonds is 10. The van der Waals surface area contributed by atoms with Crippen LogP contribution >= 0.6 is 7.80 Å². The Kier molecular flexibility index (Phi) is 8.01. The van der Waals surface area contributed by atoms with E-state index < -0.39 is 13.3 Å². The SMILES string of the molecule is COc1cccc(OC)c1C(=O)[PH](=O)CCCCC(=O)c1c(C)cccc1C. The van der Waals surface area contributed by atoms with Crippen LogP contribution in [0.4, 0.5) is 0 Å². The minimum absolute atomic E-state index is 0.0907. The highest BCUT2D eigenvalue weighted by molar-refractivity contribution is 7.64. The Morgan fingerprint density at radius 1 is 0.857 bits per heavy atom. The minimum atomic E-state index is -2.52. The second kappa shape index (κ2) is 10.2. The van der Waals surface area contributed by atoms with Crippen LogP contribution < -0.4 is 9.47 Å². The van der Waals surface area contributed by atoms with Gasteiger partial charge in [0.05, 0.1) is 14.2 Å². The summed E-state index contributed by atoms with van der Waals surface area (Å²) in [5.74, 6) is 0.800. The van der Waals surface area contributed by atoms with Crippen molar-refractivity contribution >= 4 is 19.1 Å². The molecule has 0 amide bonds. The van der Waals surface area contributed by atoms with Crippen molar-refractivity contribution < 1.29 is 23.6 Å². The van der Waals surface area contributed by atoms with Crippen LogP contribution in [0.15, 0.2) is 36.4 Å². The molecule has 1 atom stereocenters. The first kappa shape index (κ1) is 21.9. The van der Waals surface area contributed by atoms with Gasteiger partial charge < -0.3 is 14.0 Å². The van der Waals surface area contributed by atoms with Gasteiger partial charge in [-0.15, -0.1) is 0 Å². The van der Waals surface area contributed by atoms with Gasteiger partial charge in [0, 0.05) is 18.1 Å². The molecule has 0 aliphatic heterocycles. The summed E-state index contributed by atoms with van der Waals surface area (Å²) in [5, 5.41) is 0. The maximum absolute atomic E-state index is 12.6. The first-order valence-corrected chi connectivity index (χ1v) is 10.9. The molecular formula is C22H27O5P. The van der Waals surface area contributed by atoms with Crippen molar-refractivity contribution in [3.8, 4) is 11.5 Å². The van der Waals surface area contributed by atoms with Crippen LogP contribution in [0.1, 0.15) is 51.1 Å². The second-order valence-electron chi connectivity index (χ2n) is 6.69. The van der Waals surface area contributed by atoms with E-state index in [0.717, 1.165) is 16.7 Å². The molecule has 0 N–H and O–H groups in total. The lowest BCUT2D eigenvalue weighted by atomic mass is 9.96. The zero-order valence-electron chi connectivity index (χ0n) is 16.8. The number of carbonyl (C=O) groups excluding carboxylic acids is 2. The first-order chi connectivity index (χ1) is 13.4. The van der Waals surface area contributed by atoms with E-state index in [0.29, 0.717) is 30.8 Å². The third-order valence-corrected chi connectivity index (χ3v) is 6.29. The number of Topliss-reactive ketones (excluding diaryl/α,β-unsaturated/α-hetero) is 1. The van der Waals surface area contributed by atoms with Crippen LogP contribution in [-0.4, -0.2) is 31.7 Å².